The van der Waals surface area contributed by atoms with E-state index in [1.54, 1.807) is 0 Å². The maximum absolute atomic E-state index is 12.2. The van der Waals surface area contributed by atoms with Gasteiger partial charge in [-0.2, -0.15) is 0 Å². The summed E-state index contributed by atoms with van der Waals surface area (Å²) in [5.41, 5.74) is 1.02. The Morgan fingerprint density at radius 1 is 1.19 bits per heavy atom. The van der Waals surface area contributed by atoms with Gasteiger partial charge in [-0.05, 0) is 49.9 Å². The summed E-state index contributed by atoms with van der Waals surface area (Å²) in [4.78, 5) is 21.5. The topological polar surface area (TPSA) is 60.5 Å². The number of anilines is 1. The summed E-state index contributed by atoms with van der Waals surface area (Å²) in [7, 11) is 0. The largest absolute Gasteiger partial charge is 0.357 e. The molecule has 1 fully saturated rings. The Morgan fingerprint density at radius 2 is 1.89 bits per heavy atom. The Morgan fingerprint density at radius 3 is 2.44 bits per heavy atom. The predicted molar refractivity (Wildman–Crippen MR) is 112 cm³/mol. The van der Waals surface area contributed by atoms with Gasteiger partial charge in [0.1, 0.15) is 5.82 Å². The Balaban J connectivity index is 1.77. The van der Waals surface area contributed by atoms with Crippen LogP contribution in [0, 0.1) is 5.92 Å². The molecule has 0 bridgehead atoms. The van der Waals surface area contributed by atoms with Crippen LogP contribution in [0.2, 0.25) is 0 Å². The molecule has 2 rings (SSSR count). The number of nitrogens with one attached hydrogen (secondary N) is 2. The predicted octanol–water partition coefficient (Wildman–Crippen LogP) is 3.24. The van der Waals surface area contributed by atoms with Gasteiger partial charge in [-0.15, -0.1) is 0 Å². The van der Waals surface area contributed by atoms with E-state index in [1.807, 2.05) is 6.20 Å². The van der Waals surface area contributed by atoms with Crippen molar-refractivity contribution in [1.82, 2.24) is 20.5 Å². The number of urea groups is 1. The number of hydrogen-bond acceptors (Lipinski definition) is 4. The molecule has 1 saturated heterocycles. The monoisotopic (exact) mass is 375 g/mol. The van der Waals surface area contributed by atoms with Crippen LogP contribution in [0.25, 0.3) is 0 Å². The summed E-state index contributed by atoms with van der Waals surface area (Å²) in [6.45, 7) is 14.2. The molecule has 2 amide bonds. The number of aromatic nitrogens is 1. The van der Waals surface area contributed by atoms with Crippen molar-refractivity contribution in [2.75, 3.05) is 37.6 Å². The second kappa shape index (κ2) is 11.1. The number of likely N-dealkylation sites (N-methyl/N-ethyl adjacent to an activating group) is 1. The zero-order valence-electron chi connectivity index (χ0n) is 17.5. The molecule has 1 aliphatic heterocycles. The lowest BCUT2D eigenvalue weighted by molar-refractivity contribution is 0.184. The van der Waals surface area contributed by atoms with E-state index in [2.05, 4.69) is 65.2 Å². The van der Waals surface area contributed by atoms with Gasteiger partial charge in [-0.3, -0.25) is 4.90 Å². The summed E-state index contributed by atoms with van der Waals surface area (Å²) in [5, 5.41) is 5.99. The molecule has 152 valence electrons. The molecule has 0 aromatic carbocycles. The van der Waals surface area contributed by atoms with Gasteiger partial charge in [0.15, 0.2) is 0 Å². The minimum Gasteiger partial charge on any atom is -0.357 e. The highest BCUT2D eigenvalue weighted by molar-refractivity contribution is 5.73. The molecule has 2 heterocycles. The number of hydrogen-bond donors (Lipinski definition) is 2. The Hall–Kier alpha value is -1.82. The van der Waals surface area contributed by atoms with Gasteiger partial charge < -0.3 is 15.5 Å². The van der Waals surface area contributed by atoms with E-state index in [-0.39, 0.29) is 6.03 Å². The first-order valence-corrected chi connectivity index (χ1v) is 10.5. The van der Waals surface area contributed by atoms with Crippen molar-refractivity contribution >= 4 is 11.8 Å². The van der Waals surface area contributed by atoms with E-state index >= 15 is 0 Å². The Bertz CT molecular complexity index is 550. The second-order valence-corrected chi connectivity index (χ2v) is 7.79. The third-order valence-corrected chi connectivity index (χ3v) is 5.26. The number of carbonyl (C=O) groups excluding carboxylic acids is 1. The van der Waals surface area contributed by atoms with Gasteiger partial charge >= 0.3 is 6.03 Å². The summed E-state index contributed by atoms with van der Waals surface area (Å²) < 4.78 is 0. The van der Waals surface area contributed by atoms with Gasteiger partial charge in [-0.1, -0.05) is 33.8 Å². The van der Waals surface area contributed by atoms with Gasteiger partial charge in [-0.25, -0.2) is 9.78 Å². The van der Waals surface area contributed by atoms with Crippen LogP contribution in [0.5, 0.6) is 0 Å². The van der Waals surface area contributed by atoms with Crippen LogP contribution in [0.15, 0.2) is 18.3 Å². The van der Waals surface area contributed by atoms with E-state index in [4.69, 9.17) is 0 Å². The van der Waals surface area contributed by atoms with Crippen molar-refractivity contribution in [2.45, 2.75) is 59.5 Å². The molecule has 1 unspecified atom stereocenters. The molecular formula is C21H37N5O. The van der Waals surface area contributed by atoms with Gasteiger partial charge in [0.2, 0.25) is 0 Å². The maximum Gasteiger partial charge on any atom is 0.315 e. The van der Waals surface area contributed by atoms with E-state index in [9.17, 15) is 4.79 Å². The molecule has 27 heavy (non-hydrogen) atoms. The van der Waals surface area contributed by atoms with Crippen LogP contribution in [0.4, 0.5) is 10.6 Å². The molecule has 6 heteroatoms. The van der Waals surface area contributed by atoms with Gasteiger partial charge in [0.25, 0.3) is 0 Å². The Kier molecular flexibility index (Phi) is 8.85. The molecule has 0 saturated carbocycles. The van der Waals surface area contributed by atoms with Crippen LogP contribution < -0.4 is 15.5 Å². The lowest BCUT2D eigenvalue weighted by Crippen LogP contribution is -2.46. The fourth-order valence-corrected chi connectivity index (χ4v) is 3.76. The smallest absolute Gasteiger partial charge is 0.315 e. The Labute approximate surface area is 164 Å². The first-order chi connectivity index (χ1) is 13.0. The third-order valence-electron chi connectivity index (χ3n) is 5.26. The number of pyridine rings is 1. The molecule has 1 aromatic heterocycles. The second-order valence-electron chi connectivity index (χ2n) is 7.79. The fraction of sp³-hybridized carbons (Fsp3) is 0.714. The summed E-state index contributed by atoms with van der Waals surface area (Å²) in [6.07, 6.45) is 5.45. The quantitative estimate of drug-likeness (QED) is 0.659. The molecule has 0 spiro atoms. The standard InChI is InChI=1S/C21H37N5O/c1-5-25(6-2)19(13-17(3)4)16-24-21(27)23-15-18-9-10-20(22-14-18)26-11-7-8-12-26/h9-10,14,17,19H,5-8,11-13,15-16H2,1-4H3,(H2,23,24,27). The first kappa shape index (κ1) is 21.5. The van der Waals surface area contributed by atoms with Crippen LogP contribution in [-0.4, -0.2) is 54.7 Å². The van der Waals surface area contributed by atoms with Crippen molar-refractivity contribution in [3.8, 4) is 0 Å². The minimum atomic E-state index is -0.112. The number of nitrogens with zero attached hydrogens (tertiary/aromatic N) is 3. The van der Waals surface area contributed by atoms with E-state index in [0.717, 1.165) is 44.0 Å². The number of rotatable bonds is 10. The summed E-state index contributed by atoms with van der Waals surface area (Å²) >= 11 is 0. The number of carbonyl (C=O) groups is 1. The van der Waals surface area contributed by atoms with Crippen molar-refractivity contribution in [1.29, 1.82) is 0 Å². The minimum absolute atomic E-state index is 0.112. The zero-order valence-corrected chi connectivity index (χ0v) is 17.5. The molecule has 2 N–H and O–H groups in total. The summed E-state index contributed by atoms with van der Waals surface area (Å²) in [6, 6.07) is 4.38. The highest BCUT2D eigenvalue weighted by atomic mass is 16.2. The highest BCUT2D eigenvalue weighted by Gasteiger charge is 2.18. The third kappa shape index (κ3) is 7.01. The van der Waals surface area contributed by atoms with Crippen LogP contribution in [-0.2, 0) is 6.54 Å². The molecule has 6 nitrogen and oxygen atoms in total. The van der Waals surface area contributed by atoms with Crippen LogP contribution in [0.1, 0.15) is 52.5 Å². The van der Waals surface area contributed by atoms with E-state index in [0.29, 0.717) is 25.0 Å². The van der Waals surface area contributed by atoms with Gasteiger partial charge in [0.05, 0.1) is 0 Å². The highest BCUT2D eigenvalue weighted by Crippen LogP contribution is 2.17. The average Bonchev–Trinajstić information content (AvgIpc) is 3.20. The molecule has 0 radical (unpaired) electrons. The summed E-state index contributed by atoms with van der Waals surface area (Å²) in [5.74, 6) is 1.65. The first-order valence-electron chi connectivity index (χ1n) is 10.5. The normalized spacial score (nSPS) is 15.4. The molecular weight excluding hydrogens is 338 g/mol. The van der Waals surface area contributed by atoms with E-state index < -0.39 is 0 Å². The molecule has 1 aromatic rings. The maximum atomic E-state index is 12.2. The molecule has 1 aliphatic rings. The van der Waals surface area contributed by atoms with Gasteiger partial charge in [0, 0.05) is 38.4 Å². The van der Waals surface area contributed by atoms with Crippen molar-refractivity contribution in [3.05, 3.63) is 23.9 Å². The molecule has 0 aliphatic carbocycles. The van der Waals surface area contributed by atoms with Crippen molar-refractivity contribution in [3.63, 3.8) is 0 Å². The van der Waals surface area contributed by atoms with Crippen molar-refractivity contribution < 1.29 is 4.79 Å². The van der Waals surface area contributed by atoms with E-state index in [1.165, 1.54) is 12.8 Å². The molecule has 1 atom stereocenters. The van der Waals surface area contributed by atoms with Crippen LogP contribution >= 0.6 is 0 Å². The van der Waals surface area contributed by atoms with Crippen molar-refractivity contribution in [2.24, 2.45) is 5.92 Å². The average molecular weight is 376 g/mol. The zero-order chi connectivity index (χ0) is 19.6. The number of amides is 2. The lowest BCUT2D eigenvalue weighted by atomic mass is 10.0. The SMILES string of the molecule is CCN(CC)C(CNC(=O)NCc1ccc(N2CCCC2)nc1)CC(C)C. The fourth-order valence-electron chi connectivity index (χ4n) is 3.76. The lowest BCUT2D eigenvalue weighted by Gasteiger charge is -2.31. The van der Waals surface area contributed by atoms with Crippen LogP contribution in [0.3, 0.4) is 0 Å².